The molecule has 1 unspecified atom stereocenters. The molecule has 0 aliphatic carbocycles. The summed E-state index contributed by atoms with van der Waals surface area (Å²) in [5, 5.41) is 6.61. The number of aromatic nitrogens is 2. The third kappa shape index (κ3) is 6.92. The molecule has 0 aromatic carbocycles. The van der Waals surface area contributed by atoms with Crippen LogP contribution in [0.4, 0.5) is 15.4 Å². The van der Waals surface area contributed by atoms with Gasteiger partial charge in [-0.05, 0) is 20.8 Å². The van der Waals surface area contributed by atoms with E-state index in [4.69, 9.17) is 44.3 Å². The SMILES string of the molecule is CC(C)(C)OC(=O)n1nc(C(C)(C)C)cc1NC(=O)OC(Cl)C(Cl)Cl. The van der Waals surface area contributed by atoms with E-state index >= 15 is 0 Å². The van der Waals surface area contributed by atoms with Gasteiger partial charge in [-0.2, -0.15) is 5.10 Å². The number of anilines is 1. The standard InChI is InChI=1S/C15H22Cl3N3O4/c1-14(2,3)8-7-9(19-12(22)24-11(18)10(16)17)21(20-8)13(23)25-15(4,5)6/h7,10-11H,1-6H3,(H,19,22). The minimum Gasteiger partial charge on any atom is -0.442 e. The summed E-state index contributed by atoms with van der Waals surface area (Å²) in [5.74, 6) is 0.0775. The Labute approximate surface area is 161 Å². The Morgan fingerprint density at radius 3 is 2.16 bits per heavy atom. The number of ether oxygens (including phenoxy) is 2. The quantitative estimate of drug-likeness (QED) is 0.713. The van der Waals surface area contributed by atoms with Crippen molar-refractivity contribution >= 4 is 52.8 Å². The fourth-order valence-electron chi connectivity index (χ4n) is 1.57. The molecule has 7 nitrogen and oxygen atoms in total. The molecule has 1 amide bonds. The molecule has 0 spiro atoms. The molecule has 0 aliphatic rings. The highest BCUT2D eigenvalue weighted by Gasteiger charge is 2.27. The predicted octanol–water partition coefficient (Wildman–Crippen LogP) is 4.88. The maximum atomic E-state index is 12.4. The normalized spacial score (nSPS) is 13.5. The van der Waals surface area contributed by atoms with Crippen molar-refractivity contribution in [2.45, 2.75) is 63.0 Å². The first kappa shape index (κ1) is 21.9. The second-order valence-corrected chi connectivity index (χ2v) is 8.87. The van der Waals surface area contributed by atoms with Crippen molar-refractivity contribution in [1.82, 2.24) is 9.78 Å². The lowest BCUT2D eigenvalue weighted by atomic mass is 9.92. The van der Waals surface area contributed by atoms with Gasteiger partial charge in [0.25, 0.3) is 0 Å². The van der Waals surface area contributed by atoms with Crippen molar-refractivity contribution in [3.63, 3.8) is 0 Å². The molecule has 1 atom stereocenters. The van der Waals surface area contributed by atoms with Crippen molar-refractivity contribution in [1.29, 1.82) is 0 Å². The van der Waals surface area contributed by atoms with Crippen molar-refractivity contribution in [3.8, 4) is 0 Å². The summed E-state index contributed by atoms with van der Waals surface area (Å²) >= 11 is 16.7. The number of amides is 1. The maximum absolute atomic E-state index is 12.4. The van der Waals surface area contributed by atoms with E-state index in [-0.39, 0.29) is 11.2 Å². The summed E-state index contributed by atoms with van der Waals surface area (Å²) in [6.45, 7) is 10.9. The molecule has 0 saturated heterocycles. The van der Waals surface area contributed by atoms with Gasteiger partial charge in [-0.1, -0.05) is 55.6 Å². The summed E-state index contributed by atoms with van der Waals surface area (Å²) in [4.78, 5) is 23.2. The number of carbonyl (C=O) groups is 2. The molecule has 0 fully saturated rings. The Morgan fingerprint density at radius 1 is 1.16 bits per heavy atom. The van der Waals surface area contributed by atoms with Crippen LogP contribution >= 0.6 is 34.8 Å². The molecule has 25 heavy (non-hydrogen) atoms. The van der Waals surface area contributed by atoms with E-state index in [9.17, 15) is 9.59 Å². The molecule has 0 aliphatic heterocycles. The topological polar surface area (TPSA) is 82.5 Å². The minimum atomic E-state index is -1.25. The smallest absolute Gasteiger partial charge is 0.437 e. The van der Waals surface area contributed by atoms with E-state index in [1.54, 1.807) is 26.8 Å². The van der Waals surface area contributed by atoms with E-state index in [1.165, 1.54) is 0 Å². The molecule has 1 N–H and O–H groups in total. The summed E-state index contributed by atoms with van der Waals surface area (Å²) in [6, 6.07) is 1.55. The molecule has 0 radical (unpaired) electrons. The highest BCUT2D eigenvalue weighted by atomic mass is 35.5. The number of rotatable bonds is 3. The Kier molecular flexibility index (Phi) is 7.01. The fourth-order valence-corrected chi connectivity index (χ4v) is 1.75. The van der Waals surface area contributed by atoms with Gasteiger partial charge < -0.3 is 9.47 Å². The van der Waals surface area contributed by atoms with Crippen LogP contribution in [0.1, 0.15) is 47.2 Å². The summed E-state index contributed by atoms with van der Waals surface area (Å²) in [6.07, 6.45) is -1.68. The van der Waals surface area contributed by atoms with Crippen LogP contribution in [0.15, 0.2) is 6.07 Å². The van der Waals surface area contributed by atoms with Crippen molar-refractivity contribution in [3.05, 3.63) is 11.8 Å². The van der Waals surface area contributed by atoms with Crippen LogP contribution in [0.2, 0.25) is 0 Å². The largest absolute Gasteiger partial charge is 0.442 e. The molecule has 1 heterocycles. The van der Waals surface area contributed by atoms with Gasteiger partial charge in [0, 0.05) is 11.5 Å². The van der Waals surface area contributed by atoms with Gasteiger partial charge in [0.15, 0.2) is 4.84 Å². The average Bonchev–Trinajstić information content (AvgIpc) is 2.80. The van der Waals surface area contributed by atoms with Crippen molar-refractivity contribution in [2.24, 2.45) is 0 Å². The Hall–Kier alpha value is -1.18. The van der Waals surface area contributed by atoms with Gasteiger partial charge in [0.1, 0.15) is 11.4 Å². The van der Waals surface area contributed by atoms with Crippen LogP contribution in [0.5, 0.6) is 0 Å². The van der Waals surface area contributed by atoms with Crippen LogP contribution in [-0.4, -0.2) is 38.0 Å². The highest BCUT2D eigenvalue weighted by Crippen LogP contribution is 2.25. The summed E-state index contributed by atoms with van der Waals surface area (Å²) < 4.78 is 11.1. The van der Waals surface area contributed by atoms with Crippen LogP contribution in [0.25, 0.3) is 0 Å². The van der Waals surface area contributed by atoms with Gasteiger partial charge in [-0.15, -0.1) is 4.68 Å². The maximum Gasteiger partial charge on any atom is 0.437 e. The lowest BCUT2D eigenvalue weighted by molar-refractivity contribution is 0.0517. The monoisotopic (exact) mass is 413 g/mol. The lowest BCUT2D eigenvalue weighted by Gasteiger charge is -2.20. The van der Waals surface area contributed by atoms with Crippen LogP contribution in [-0.2, 0) is 14.9 Å². The first-order valence-corrected chi connectivity index (χ1v) is 8.75. The molecule has 0 saturated carbocycles. The first-order valence-electron chi connectivity index (χ1n) is 7.44. The molecular weight excluding hydrogens is 393 g/mol. The summed E-state index contributed by atoms with van der Waals surface area (Å²) in [5.41, 5.74) is -1.76. The number of alkyl halides is 3. The van der Waals surface area contributed by atoms with Gasteiger partial charge >= 0.3 is 12.2 Å². The molecule has 10 heteroatoms. The Balaban J connectivity index is 3.09. The van der Waals surface area contributed by atoms with E-state index in [0.717, 1.165) is 4.68 Å². The molecule has 0 bridgehead atoms. The van der Waals surface area contributed by atoms with E-state index in [0.29, 0.717) is 5.69 Å². The molecule has 1 rings (SSSR count). The molecule has 1 aromatic rings. The zero-order valence-electron chi connectivity index (χ0n) is 14.9. The molecule has 1 aromatic heterocycles. The number of halogens is 3. The zero-order chi connectivity index (χ0) is 19.6. The summed E-state index contributed by atoms with van der Waals surface area (Å²) in [7, 11) is 0. The van der Waals surface area contributed by atoms with Gasteiger partial charge in [0.2, 0.25) is 5.56 Å². The van der Waals surface area contributed by atoms with Crippen LogP contribution in [0, 0.1) is 0 Å². The zero-order valence-corrected chi connectivity index (χ0v) is 17.2. The van der Waals surface area contributed by atoms with E-state index in [2.05, 4.69) is 10.4 Å². The van der Waals surface area contributed by atoms with Gasteiger partial charge in [-0.3, -0.25) is 5.32 Å². The van der Waals surface area contributed by atoms with Gasteiger partial charge in [0.05, 0.1) is 5.69 Å². The van der Waals surface area contributed by atoms with Crippen molar-refractivity contribution in [2.75, 3.05) is 5.32 Å². The third-order valence-corrected chi connectivity index (χ3v) is 3.75. The Bertz CT molecular complexity index is 633. The average molecular weight is 415 g/mol. The molecule has 142 valence electrons. The van der Waals surface area contributed by atoms with Gasteiger partial charge in [-0.25, -0.2) is 9.59 Å². The van der Waals surface area contributed by atoms with Crippen molar-refractivity contribution < 1.29 is 19.1 Å². The number of carbonyl (C=O) groups excluding carboxylic acids is 2. The predicted molar refractivity (Wildman–Crippen MR) is 97.8 cm³/mol. The number of hydrogen-bond donors (Lipinski definition) is 1. The van der Waals surface area contributed by atoms with Crippen LogP contribution < -0.4 is 5.32 Å². The second kappa shape index (κ2) is 8.01. The minimum absolute atomic E-state index is 0.0775. The van der Waals surface area contributed by atoms with Crippen LogP contribution in [0.3, 0.4) is 0 Å². The first-order chi connectivity index (χ1) is 11.2. The van der Waals surface area contributed by atoms with E-state index in [1.807, 2.05) is 20.8 Å². The second-order valence-electron chi connectivity index (χ2n) is 7.27. The third-order valence-electron chi connectivity index (χ3n) is 2.69. The Morgan fingerprint density at radius 2 is 1.72 bits per heavy atom. The van der Waals surface area contributed by atoms with E-state index < -0.39 is 28.2 Å². The number of hydrogen-bond acceptors (Lipinski definition) is 5. The number of nitrogens with one attached hydrogen (secondary N) is 1. The molecular formula is C15H22Cl3N3O4. The fraction of sp³-hybridized carbons (Fsp3) is 0.667. The number of nitrogens with zero attached hydrogens (tertiary/aromatic N) is 2. The lowest BCUT2D eigenvalue weighted by Crippen LogP contribution is -2.30. The highest BCUT2D eigenvalue weighted by molar-refractivity contribution is 6.48.